The van der Waals surface area contributed by atoms with Crippen molar-refractivity contribution in [1.82, 2.24) is 14.9 Å². The average molecular weight is 552 g/mol. The van der Waals surface area contributed by atoms with E-state index in [2.05, 4.69) is 10.3 Å². The normalized spacial score (nSPS) is 13.4. The molecule has 0 fully saturated rings. The van der Waals surface area contributed by atoms with Crippen LogP contribution in [-0.2, 0) is 28.0 Å². The van der Waals surface area contributed by atoms with Crippen LogP contribution in [0.5, 0.6) is 5.75 Å². The van der Waals surface area contributed by atoms with Gasteiger partial charge in [0.15, 0.2) is 5.78 Å². The molecule has 0 radical (unpaired) electrons. The van der Waals surface area contributed by atoms with Gasteiger partial charge in [0.05, 0.1) is 36.9 Å². The second-order valence-electron chi connectivity index (χ2n) is 10.6. The topological polar surface area (TPSA) is 134 Å². The van der Waals surface area contributed by atoms with Crippen LogP contribution in [0.4, 0.5) is 0 Å². The van der Waals surface area contributed by atoms with Crippen LogP contribution in [0.2, 0.25) is 0 Å². The Morgan fingerprint density at radius 1 is 1.05 bits per heavy atom. The monoisotopic (exact) mass is 551 g/mol. The van der Waals surface area contributed by atoms with Crippen LogP contribution in [0.3, 0.4) is 0 Å². The summed E-state index contributed by atoms with van der Waals surface area (Å²) in [5.74, 6) is 0.357. The Bertz CT molecular complexity index is 1150. The fourth-order valence-corrected chi connectivity index (χ4v) is 3.69. The third-order valence-electron chi connectivity index (χ3n) is 6.07. The second-order valence-corrected chi connectivity index (χ2v) is 10.6. The van der Waals surface area contributed by atoms with Crippen molar-refractivity contribution in [1.29, 1.82) is 0 Å². The van der Waals surface area contributed by atoms with Crippen molar-refractivity contribution in [2.75, 3.05) is 13.2 Å². The van der Waals surface area contributed by atoms with Gasteiger partial charge in [0.25, 0.3) is 0 Å². The van der Waals surface area contributed by atoms with Crippen molar-refractivity contribution in [3.05, 3.63) is 84.4 Å². The molecular formula is C31H45N5O4. The molecule has 0 aliphatic heterocycles. The largest absolute Gasteiger partial charge is 0.491 e. The first-order valence-electron chi connectivity index (χ1n) is 13.6. The van der Waals surface area contributed by atoms with Gasteiger partial charge in [0.1, 0.15) is 11.8 Å². The predicted octanol–water partition coefficient (Wildman–Crippen LogP) is 3.72. The molecule has 5 N–H and O–H groups in total. The highest BCUT2D eigenvalue weighted by Gasteiger charge is 2.29. The molecule has 40 heavy (non-hydrogen) atoms. The van der Waals surface area contributed by atoms with Crippen molar-refractivity contribution in [2.45, 2.75) is 70.7 Å². The molecule has 9 heteroatoms. The van der Waals surface area contributed by atoms with E-state index in [0.717, 1.165) is 23.4 Å². The maximum atomic E-state index is 12.9. The van der Waals surface area contributed by atoms with Crippen molar-refractivity contribution >= 4 is 11.7 Å². The molecular weight excluding hydrogens is 506 g/mol. The van der Waals surface area contributed by atoms with Crippen LogP contribution < -0.4 is 21.5 Å². The Hall–Kier alpha value is -3.53. The number of carbonyl (C=O) groups excluding carboxylic acids is 2. The lowest BCUT2D eigenvalue weighted by atomic mass is 9.97. The van der Waals surface area contributed by atoms with Crippen molar-refractivity contribution in [3.8, 4) is 5.75 Å². The summed E-state index contributed by atoms with van der Waals surface area (Å²) in [6, 6.07) is 18.7. The molecule has 0 aliphatic rings. The summed E-state index contributed by atoms with van der Waals surface area (Å²) in [5.41, 5.74) is 12.0. The number of ether oxygens (including phenoxy) is 2. The third kappa shape index (κ3) is 12.1. The van der Waals surface area contributed by atoms with E-state index in [1.165, 1.54) is 0 Å². The molecule has 0 saturated carbocycles. The van der Waals surface area contributed by atoms with Crippen molar-refractivity contribution in [3.63, 3.8) is 0 Å². The number of aryl methyl sites for hydroxylation is 1. The lowest BCUT2D eigenvalue weighted by Crippen LogP contribution is -2.55. The molecule has 9 nitrogen and oxygen atoms in total. The summed E-state index contributed by atoms with van der Waals surface area (Å²) in [6.07, 6.45) is 4.95. The van der Waals surface area contributed by atoms with Crippen LogP contribution >= 0.6 is 0 Å². The molecule has 1 heterocycles. The smallest absolute Gasteiger partial charge is 0.240 e. The third-order valence-corrected chi connectivity index (χ3v) is 6.07. The Kier molecular flexibility index (Phi) is 13.5. The maximum absolute atomic E-state index is 12.9. The number of carbonyl (C=O) groups is 2. The van der Waals surface area contributed by atoms with Gasteiger partial charge in [-0.05, 0) is 51.4 Å². The van der Waals surface area contributed by atoms with E-state index in [1.54, 1.807) is 20.2 Å². The first-order chi connectivity index (χ1) is 19.0. The van der Waals surface area contributed by atoms with Gasteiger partial charge in [-0.1, -0.05) is 55.5 Å². The number of hydrogen-bond donors (Lipinski definition) is 3. The van der Waals surface area contributed by atoms with Gasteiger partial charge in [-0.15, -0.1) is 0 Å². The number of hydrogen-bond acceptors (Lipinski definition) is 7. The average Bonchev–Trinajstić information content (AvgIpc) is 3.35. The fourth-order valence-electron chi connectivity index (χ4n) is 3.69. The summed E-state index contributed by atoms with van der Waals surface area (Å²) in [6.45, 7) is 8.30. The van der Waals surface area contributed by atoms with E-state index in [4.69, 9.17) is 20.9 Å². The molecule has 3 atom stereocenters. The number of amides is 1. The number of nitrogens with zero attached hydrogens (tertiary/aromatic N) is 2. The molecule has 2 aromatic carbocycles. The van der Waals surface area contributed by atoms with Crippen LogP contribution in [0, 0.1) is 0 Å². The van der Waals surface area contributed by atoms with E-state index in [0.29, 0.717) is 13.2 Å². The Morgan fingerprint density at radius 2 is 1.68 bits per heavy atom. The first kappa shape index (κ1) is 32.7. The zero-order chi connectivity index (χ0) is 29.5. The lowest BCUT2D eigenvalue weighted by Gasteiger charge is -2.24. The minimum Gasteiger partial charge on any atom is -0.491 e. The summed E-state index contributed by atoms with van der Waals surface area (Å²) in [4.78, 5) is 29.5. The van der Waals surface area contributed by atoms with Gasteiger partial charge in [-0.2, -0.15) is 0 Å². The van der Waals surface area contributed by atoms with E-state index in [1.807, 2.05) is 92.3 Å². The van der Waals surface area contributed by atoms with Crippen LogP contribution in [-0.4, -0.2) is 52.1 Å². The number of ketones is 1. The number of imidazole rings is 1. The quantitative estimate of drug-likeness (QED) is 0.278. The summed E-state index contributed by atoms with van der Waals surface area (Å²) < 4.78 is 13.1. The molecule has 0 saturated heterocycles. The minimum absolute atomic E-state index is 0.0619. The molecule has 3 rings (SSSR count). The van der Waals surface area contributed by atoms with Gasteiger partial charge in [0, 0.05) is 25.6 Å². The van der Waals surface area contributed by atoms with Gasteiger partial charge < -0.3 is 30.8 Å². The van der Waals surface area contributed by atoms with Crippen LogP contribution in [0.25, 0.3) is 0 Å². The molecule has 0 aliphatic carbocycles. The van der Waals surface area contributed by atoms with Gasteiger partial charge >= 0.3 is 0 Å². The maximum Gasteiger partial charge on any atom is 0.240 e. The molecule has 1 aromatic heterocycles. The number of para-hydroxylation sites is 1. The Balaban J connectivity index is 0.000000389. The van der Waals surface area contributed by atoms with Gasteiger partial charge in [-0.3, -0.25) is 9.59 Å². The Morgan fingerprint density at radius 3 is 2.23 bits per heavy atom. The molecule has 0 spiro atoms. The van der Waals surface area contributed by atoms with E-state index >= 15 is 0 Å². The second kappa shape index (κ2) is 16.5. The van der Waals surface area contributed by atoms with E-state index < -0.39 is 11.6 Å². The Labute approximate surface area is 238 Å². The number of Topliss-reactive ketones (excluding diaryl/α,β-unsaturated/α-hetero) is 1. The summed E-state index contributed by atoms with van der Waals surface area (Å²) in [7, 11) is 1.88. The highest BCUT2D eigenvalue weighted by molar-refractivity contribution is 5.92. The molecule has 218 valence electrons. The van der Waals surface area contributed by atoms with E-state index in [9.17, 15) is 9.59 Å². The minimum atomic E-state index is -1.08. The lowest BCUT2D eigenvalue weighted by molar-refractivity contribution is -0.132. The molecule has 3 aromatic rings. The molecule has 1 amide bonds. The fraction of sp³-hybridized carbons (Fsp3) is 0.452. The van der Waals surface area contributed by atoms with Crippen LogP contribution in [0.15, 0.2) is 73.2 Å². The van der Waals surface area contributed by atoms with Crippen molar-refractivity contribution in [2.24, 2.45) is 18.5 Å². The number of rotatable bonds is 14. The van der Waals surface area contributed by atoms with Gasteiger partial charge in [0.2, 0.25) is 5.91 Å². The van der Waals surface area contributed by atoms with Gasteiger partial charge in [-0.25, -0.2) is 4.98 Å². The zero-order valence-electron chi connectivity index (χ0n) is 24.4. The SMILES string of the molecule is CC(CC(=O)[C@@H](COCc1ccccc1)NC(=O)C(C)(C)N)c1cn(C)cn1.CC(CCN)Oc1ccccc1. The summed E-state index contributed by atoms with van der Waals surface area (Å²) in [5, 5.41) is 2.74. The van der Waals surface area contributed by atoms with E-state index in [-0.39, 0.29) is 36.7 Å². The molecule has 0 bridgehead atoms. The highest BCUT2D eigenvalue weighted by atomic mass is 16.5. The number of nitrogens with one attached hydrogen (secondary N) is 1. The number of aromatic nitrogens is 2. The summed E-state index contributed by atoms with van der Waals surface area (Å²) >= 11 is 0. The zero-order valence-corrected chi connectivity index (χ0v) is 24.4. The highest BCUT2D eigenvalue weighted by Crippen LogP contribution is 2.18. The number of benzene rings is 2. The predicted molar refractivity (Wildman–Crippen MR) is 158 cm³/mol. The van der Waals surface area contributed by atoms with Crippen molar-refractivity contribution < 1.29 is 19.1 Å². The van der Waals surface area contributed by atoms with Crippen LogP contribution in [0.1, 0.15) is 57.7 Å². The molecule has 2 unspecified atom stereocenters. The standard InChI is InChI=1S/C21H30N4O3.C10H15NO/c1-15(17-11-25(4)14-23-17)10-19(26)18(24-20(27)21(2,3)22)13-28-12-16-8-6-5-7-9-16;1-9(7-8-11)12-10-5-3-2-4-6-10/h5-9,11,14-15,18H,10,12-13,22H2,1-4H3,(H,24,27);2-6,9H,7-8,11H2,1H3/t15?,18-;/m1./s1. The first-order valence-corrected chi connectivity index (χ1v) is 13.6. The number of nitrogens with two attached hydrogens (primary N) is 2.